The fraction of sp³-hybridized carbons (Fsp3) is 0.250. The molecule has 6 heteroatoms. The zero-order valence-electron chi connectivity index (χ0n) is 11.9. The molecule has 0 unspecified atom stereocenters. The SMILES string of the molecule is O=C(Nc1cc(Cl)ccc1Cl)c1ccc(N2CCCC2)cn1. The number of nitrogens with one attached hydrogen (secondary N) is 1. The van der Waals surface area contributed by atoms with Gasteiger partial charge < -0.3 is 10.2 Å². The van der Waals surface area contributed by atoms with E-state index in [0.29, 0.717) is 21.4 Å². The van der Waals surface area contributed by atoms with Gasteiger partial charge >= 0.3 is 0 Å². The third-order valence-corrected chi connectivity index (χ3v) is 4.19. The Morgan fingerprint density at radius 3 is 2.59 bits per heavy atom. The molecule has 0 bridgehead atoms. The van der Waals surface area contributed by atoms with Crippen LogP contribution in [0.25, 0.3) is 0 Å². The topological polar surface area (TPSA) is 45.2 Å². The fourth-order valence-electron chi connectivity index (χ4n) is 2.46. The van der Waals surface area contributed by atoms with Gasteiger partial charge in [0.25, 0.3) is 5.91 Å². The summed E-state index contributed by atoms with van der Waals surface area (Å²) in [6.45, 7) is 2.09. The van der Waals surface area contributed by atoms with Crippen molar-refractivity contribution in [2.75, 3.05) is 23.3 Å². The molecule has 1 fully saturated rings. The van der Waals surface area contributed by atoms with Crippen LogP contribution in [0.4, 0.5) is 11.4 Å². The molecule has 0 spiro atoms. The van der Waals surface area contributed by atoms with Crippen LogP contribution in [-0.4, -0.2) is 24.0 Å². The molecule has 0 atom stereocenters. The van der Waals surface area contributed by atoms with Gasteiger partial charge in [-0.1, -0.05) is 23.2 Å². The number of rotatable bonds is 3. The monoisotopic (exact) mass is 335 g/mol. The van der Waals surface area contributed by atoms with Crippen molar-refractivity contribution < 1.29 is 4.79 Å². The maximum absolute atomic E-state index is 12.2. The molecule has 1 aromatic carbocycles. The molecule has 1 saturated heterocycles. The van der Waals surface area contributed by atoms with Crippen LogP contribution in [0, 0.1) is 0 Å². The van der Waals surface area contributed by atoms with Gasteiger partial charge in [0, 0.05) is 18.1 Å². The van der Waals surface area contributed by atoms with E-state index in [2.05, 4.69) is 15.2 Å². The number of amides is 1. The number of carbonyl (C=O) groups excluding carboxylic acids is 1. The summed E-state index contributed by atoms with van der Waals surface area (Å²) in [4.78, 5) is 18.7. The largest absolute Gasteiger partial charge is 0.370 e. The van der Waals surface area contributed by atoms with Crippen LogP contribution in [-0.2, 0) is 0 Å². The Kier molecular flexibility index (Phi) is 4.50. The van der Waals surface area contributed by atoms with E-state index >= 15 is 0 Å². The molecular weight excluding hydrogens is 321 g/mol. The summed E-state index contributed by atoms with van der Waals surface area (Å²) < 4.78 is 0. The first-order valence-corrected chi connectivity index (χ1v) is 7.86. The van der Waals surface area contributed by atoms with Crippen molar-refractivity contribution >= 4 is 40.5 Å². The number of pyridine rings is 1. The van der Waals surface area contributed by atoms with Gasteiger partial charge in [-0.15, -0.1) is 0 Å². The number of halogens is 2. The van der Waals surface area contributed by atoms with Gasteiger partial charge in [-0.2, -0.15) is 0 Å². The van der Waals surface area contributed by atoms with E-state index in [-0.39, 0.29) is 5.91 Å². The zero-order valence-corrected chi connectivity index (χ0v) is 13.4. The Bertz CT molecular complexity index is 682. The minimum atomic E-state index is -0.308. The van der Waals surface area contributed by atoms with Crippen molar-refractivity contribution in [3.63, 3.8) is 0 Å². The second-order valence-electron chi connectivity index (χ2n) is 5.17. The summed E-state index contributed by atoms with van der Waals surface area (Å²) in [6.07, 6.45) is 4.14. The summed E-state index contributed by atoms with van der Waals surface area (Å²) in [6, 6.07) is 8.57. The van der Waals surface area contributed by atoms with Crippen LogP contribution in [0.15, 0.2) is 36.5 Å². The average molecular weight is 336 g/mol. The van der Waals surface area contributed by atoms with Gasteiger partial charge in [0.2, 0.25) is 0 Å². The molecule has 1 N–H and O–H groups in total. The van der Waals surface area contributed by atoms with E-state index in [9.17, 15) is 4.79 Å². The van der Waals surface area contributed by atoms with Crippen LogP contribution in [0.5, 0.6) is 0 Å². The highest BCUT2D eigenvalue weighted by molar-refractivity contribution is 6.35. The van der Waals surface area contributed by atoms with Crippen LogP contribution in [0.1, 0.15) is 23.3 Å². The first kappa shape index (κ1) is 15.1. The minimum absolute atomic E-state index is 0.308. The average Bonchev–Trinajstić information content (AvgIpc) is 3.05. The fourth-order valence-corrected chi connectivity index (χ4v) is 2.80. The first-order chi connectivity index (χ1) is 10.6. The molecule has 4 nitrogen and oxygen atoms in total. The number of aromatic nitrogens is 1. The van der Waals surface area contributed by atoms with Crippen molar-refractivity contribution in [1.82, 2.24) is 4.98 Å². The number of carbonyl (C=O) groups is 1. The Hall–Kier alpha value is -1.78. The number of hydrogen-bond acceptors (Lipinski definition) is 3. The first-order valence-electron chi connectivity index (χ1n) is 7.11. The molecule has 0 radical (unpaired) electrons. The molecule has 2 aromatic rings. The van der Waals surface area contributed by atoms with Crippen molar-refractivity contribution in [1.29, 1.82) is 0 Å². The van der Waals surface area contributed by atoms with E-state index in [1.807, 2.05) is 6.07 Å². The summed E-state index contributed by atoms with van der Waals surface area (Å²) >= 11 is 11.9. The molecule has 1 amide bonds. The second kappa shape index (κ2) is 6.55. The molecule has 1 aliphatic rings. The number of anilines is 2. The molecule has 1 aromatic heterocycles. The molecule has 0 saturated carbocycles. The zero-order chi connectivity index (χ0) is 15.5. The van der Waals surface area contributed by atoms with Crippen LogP contribution < -0.4 is 10.2 Å². The van der Waals surface area contributed by atoms with E-state index < -0.39 is 0 Å². The Morgan fingerprint density at radius 1 is 1.14 bits per heavy atom. The predicted octanol–water partition coefficient (Wildman–Crippen LogP) is 4.24. The highest BCUT2D eigenvalue weighted by atomic mass is 35.5. The molecule has 0 aliphatic carbocycles. The molecule has 3 rings (SSSR count). The van der Waals surface area contributed by atoms with Crippen molar-refractivity contribution in [3.05, 3.63) is 52.3 Å². The van der Waals surface area contributed by atoms with Crippen LogP contribution in [0.2, 0.25) is 10.0 Å². The number of benzene rings is 1. The molecular formula is C16H15Cl2N3O. The molecule has 22 heavy (non-hydrogen) atoms. The Labute approximate surface area is 139 Å². The standard InChI is InChI=1S/C16H15Cl2N3O/c17-11-3-5-13(18)15(9-11)20-16(22)14-6-4-12(10-19-14)21-7-1-2-8-21/h3-6,9-10H,1-2,7-8H2,(H,20,22). The van der Waals surface area contributed by atoms with Crippen LogP contribution in [0.3, 0.4) is 0 Å². The highest BCUT2D eigenvalue weighted by Crippen LogP contribution is 2.26. The summed E-state index contributed by atoms with van der Waals surface area (Å²) in [5.41, 5.74) is 1.87. The van der Waals surface area contributed by atoms with Crippen molar-refractivity contribution in [3.8, 4) is 0 Å². The van der Waals surface area contributed by atoms with Gasteiger partial charge in [-0.25, -0.2) is 4.98 Å². The van der Waals surface area contributed by atoms with Gasteiger partial charge in [0.15, 0.2) is 0 Å². The molecule has 1 aliphatic heterocycles. The van der Waals surface area contributed by atoms with Gasteiger partial charge in [-0.05, 0) is 43.2 Å². The quantitative estimate of drug-likeness (QED) is 0.912. The van der Waals surface area contributed by atoms with Crippen molar-refractivity contribution in [2.45, 2.75) is 12.8 Å². The maximum atomic E-state index is 12.2. The lowest BCUT2D eigenvalue weighted by Gasteiger charge is -2.17. The summed E-state index contributed by atoms with van der Waals surface area (Å²) in [7, 11) is 0. The predicted molar refractivity (Wildman–Crippen MR) is 90.1 cm³/mol. The third-order valence-electron chi connectivity index (χ3n) is 3.63. The van der Waals surface area contributed by atoms with Crippen molar-refractivity contribution in [2.24, 2.45) is 0 Å². The van der Waals surface area contributed by atoms with E-state index in [4.69, 9.17) is 23.2 Å². The lowest BCUT2D eigenvalue weighted by molar-refractivity contribution is 0.102. The third kappa shape index (κ3) is 3.34. The van der Waals surface area contributed by atoms with E-state index in [1.54, 1.807) is 30.5 Å². The summed E-state index contributed by atoms with van der Waals surface area (Å²) in [5, 5.41) is 3.67. The minimum Gasteiger partial charge on any atom is -0.370 e. The maximum Gasteiger partial charge on any atom is 0.274 e. The Morgan fingerprint density at radius 2 is 1.91 bits per heavy atom. The normalized spacial score (nSPS) is 14.2. The smallest absolute Gasteiger partial charge is 0.274 e. The number of nitrogens with zero attached hydrogens (tertiary/aromatic N) is 2. The summed E-state index contributed by atoms with van der Waals surface area (Å²) in [5.74, 6) is -0.308. The molecule has 2 heterocycles. The highest BCUT2D eigenvalue weighted by Gasteiger charge is 2.14. The molecule has 114 valence electrons. The Balaban J connectivity index is 1.73. The van der Waals surface area contributed by atoms with Gasteiger partial charge in [-0.3, -0.25) is 4.79 Å². The van der Waals surface area contributed by atoms with Gasteiger partial charge in [0.05, 0.1) is 22.6 Å². The van der Waals surface area contributed by atoms with E-state index in [1.165, 1.54) is 12.8 Å². The second-order valence-corrected chi connectivity index (χ2v) is 6.02. The lowest BCUT2D eigenvalue weighted by atomic mass is 10.2. The van der Waals surface area contributed by atoms with E-state index in [0.717, 1.165) is 18.8 Å². The number of hydrogen-bond donors (Lipinski definition) is 1. The van der Waals surface area contributed by atoms with Crippen LogP contribution >= 0.6 is 23.2 Å². The van der Waals surface area contributed by atoms with Gasteiger partial charge in [0.1, 0.15) is 5.69 Å². The lowest BCUT2D eigenvalue weighted by Crippen LogP contribution is -2.19.